The lowest BCUT2D eigenvalue weighted by Crippen LogP contribution is -1.93. The van der Waals surface area contributed by atoms with Gasteiger partial charge in [0.25, 0.3) is 0 Å². The first-order valence-electron chi connectivity index (χ1n) is 5.37. The zero-order valence-electron chi connectivity index (χ0n) is 9.35. The number of nitrogens with zero attached hydrogens (tertiary/aromatic N) is 1. The number of rotatable bonds is 2. The minimum Gasteiger partial charge on any atom is -0.252 e. The van der Waals surface area contributed by atoms with Gasteiger partial charge in [0.2, 0.25) is 0 Å². The Labute approximate surface area is 109 Å². The van der Waals surface area contributed by atoms with Crippen molar-refractivity contribution in [1.82, 2.24) is 4.98 Å². The van der Waals surface area contributed by atoms with Crippen LogP contribution in [-0.2, 0) is 6.42 Å². The highest BCUT2D eigenvalue weighted by Crippen LogP contribution is 2.32. The first kappa shape index (κ1) is 11.9. The summed E-state index contributed by atoms with van der Waals surface area (Å²) in [6.07, 6.45) is 2.10. The maximum Gasteiger partial charge on any atom is 0.0760 e. The third-order valence-corrected chi connectivity index (χ3v) is 3.56. The number of aryl methyl sites for hydroxylation is 2. The lowest BCUT2D eigenvalue weighted by atomic mass is 10.1. The fourth-order valence-electron chi connectivity index (χ4n) is 1.82. The van der Waals surface area contributed by atoms with Gasteiger partial charge in [-0.2, -0.15) is 0 Å². The van der Waals surface area contributed by atoms with Gasteiger partial charge in [0.15, 0.2) is 0 Å². The molecule has 1 aromatic heterocycles. The lowest BCUT2D eigenvalue weighted by molar-refractivity contribution is 0.888. The van der Waals surface area contributed by atoms with Gasteiger partial charge in [0.1, 0.15) is 0 Å². The molecule has 84 valence electrons. The maximum absolute atomic E-state index is 6.19. The van der Waals surface area contributed by atoms with Gasteiger partial charge in [0, 0.05) is 15.6 Å². The van der Waals surface area contributed by atoms with Crippen LogP contribution < -0.4 is 0 Å². The van der Waals surface area contributed by atoms with E-state index < -0.39 is 0 Å². The van der Waals surface area contributed by atoms with Crippen molar-refractivity contribution in [3.05, 3.63) is 39.0 Å². The van der Waals surface area contributed by atoms with E-state index in [4.69, 9.17) is 11.6 Å². The number of halogens is 2. The van der Waals surface area contributed by atoms with Crippen LogP contribution in [0.4, 0.5) is 0 Å². The smallest absolute Gasteiger partial charge is 0.0760 e. The standard InChI is InChI=1S/C13H13BrClN/c1-3-4-9-7-10(14)12-11(15)6-5-8(2)13(12)16-9/h5-7H,3-4H2,1-2H3. The van der Waals surface area contributed by atoms with Crippen LogP contribution in [0.2, 0.25) is 5.02 Å². The summed E-state index contributed by atoms with van der Waals surface area (Å²) < 4.78 is 1.04. The summed E-state index contributed by atoms with van der Waals surface area (Å²) in [5.74, 6) is 0. The normalized spacial score (nSPS) is 11.0. The molecule has 0 saturated carbocycles. The molecule has 2 rings (SSSR count). The van der Waals surface area contributed by atoms with Gasteiger partial charge in [-0.3, -0.25) is 4.98 Å². The topological polar surface area (TPSA) is 12.9 Å². The van der Waals surface area contributed by atoms with Gasteiger partial charge in [-0.05, 0) is 47.0 Å². The Bertz CT molecular complexity index is 537. The zero-order valence-corrected chi connectivity index (χ0v) is 11.7. The Morgan fingerprint density at radius 2 is 2.12 bits per heavy atom. The molecule has 16 heavy (non-hydrogen) atoms. The predicted octanol–water partition coefficient (Wildman–Crippen LogP) is 4.91. The molecule has 0 bridgehead atoms. The summed E-state index contributed by atoms with van der Waals surface area (Å²) in [7, 11) is 0. The fraction of sp³-hybridized carbons (Fsp3) is 0.308. The average Bonchev–Trinajstić information content (AvgIpc) is 2.23. The first-order chi connectivity index (χ1) is 7.63. The minimum atomic E-state index is 0.753. The van der Waals surface area contributed by atoms with E-state index in [9.17, 15) is 0 Å². The number of fused-ring (bicyclic) bond motifs is 1. The van der Waals surface area contributed by atoms with Crippen LogP contribution >= 0.6 is 27.5 Å². The second-order valence-electron chi connectivity index (χ2n) is 3.93. The summed E-state index contributed by atoms with van der Waals surface area (Å²) in [5.41, 5.74) is 3.29. The number of hydrogen-bond acceptors (Lipinski definition) is 1. The second kappa shape index (κ2) is 4.72. The van der Waals surface area contributed by atoms with Crippen LogP contribution in [0.5, 0.6) is 0 Å². The van der Waals surface area contributed by atoms with Crippen molar-refractivity contribution in [3.8, 4) is 0 Å². The first-order valence-corrected chi connectivity index (χ1v) is 6.54. The molecule has 0 radical (unpaired) electrons. The molecule has 1 aromatic carbocycles. The Kier molecular flexibility index (Phi) is 3.50. The molecular formula is C13H13BrClN. The van der Waals surface area contributed by atoms with Gasteiger partial charge in [-0.25, -0.2) is 0 Å². The lowest BCUT2D eigenvalue weighted by Gasteiger charge is -2.08. The largest absolute Gasteiger partial charge is 0.252 e. The quantitative estimate of drug-likeness (QED) is 0.767. The minimum absolute atomic E-state index is 0.753. The van der Waals surface area contributed by atoms with Crippen molar-refractivity contribution in [3.63, 3.8) is 0 Å². The van der Waals surface area contributed by atoms with Gasteiger partial charge >= 0.3 is 0 Å². The summed E-state index contributed by atoms with van der Waals surface area (Å²) in [6.45, 7) is 4.22. The van der Waals surface area contributed by atoms with E-state index in [1.54, 1.807) is 0 Å². The molecule has 0 spiro atoms. The molecule has 0 aliphatic heterocycles. The van der Waals surface area contributed by atoms with E-state index in [-0.39, 0.29) is 0 Å². The summed E-state index contributed by atoms with van der Waals surface area (Å²) in [4.78, 5) is 4.67. The monoisotopic (exact) mass is 297 g/mol. The second-order valence-corrected chi connectivity index (χ2v) is 5.19. The summed E-state index contributed by atoms with van der Waals surface area (Å²) in [5, 5.41) is 1.77. The Balaban J connectivity index is 2.76. The highest BCUT2D eigenvalue weighted by Gasteiger charge is 2.09. The molecule has 3 heteroatoms. The van der Waals surface area contributed by atoms with Crippen LogP contribution in [0.1, 0.15) is 24.6 Å². The van der Waals surface area contributed by atoms with Gasteiger partial charge in [-0.15, -0.1) is 0 Å². The molecule has 1 heterocycles. The third kappa shape index (κ3) is 2.09. The van der Waals surface area contributed by atoms with Crippen molar-refractivity contribution in [2.45, 2.75) is 26.7 Å². The fourth-order valence-corrected chi connectivity index (χ4v) is 2.85. The number of pyridine rings is 1. The predicted molar refractivity (Wildman–Crippen MR) is 73.2 cm³/mol. The van der Waals surface area contributed by atoms with Crippen molar-refractivity contribution in [2.24, 2.45) is 0 Å². The molecular weight excluding hydrogens is 286 g/mol. The van der Waals surface area contributed by atoms with Crippen LogP contribution in [0.25, 0.3) is 10.9 Å². The van der Waals surface area contributed by atoms with Crippen molar-refractivity contribution in [1.29, 1.82) is 0 Å². The van der Waals surface area contributed by atoms with Crippen LogP contribution in [0.3, 0.4) is 0 Å². The van der Waals surface area contributed by atoms with Crippen molar-refractivity contribution in [2.75, 3.05) is 0 Å². The SMILES string of the molecule is CCCc1cc(Br)c2c(Cl)ccc(C)c2n1. The highest BCUT2D eigenvalue weighted by molar-refractivity contribution is 9.10. The van der Waals surface area contributed by atoms with Crippen LogP contribution in [-0.4, -0.2) is 4.98 Å². The van der Waals surface area contributed by atoms with E-state index in [1.807, 2.05) is 12.1 Å². The van der Waals surface area contributed by atoms with Gasteiger partial charge < -0.3 is 0 Å². The molecule has 2 aromatic rings. The molecule has 0 N–H and O–H groups in total. The van der Waals surface area contributed by atoms with E-state index in [0.717, 1.165) is 44.5 Å². The van der Waals surface area contributed by atoms with Crippen LogP contribution in [0, 0.1) is 6.92 Å². The van der Waals surface area contributed by atoms with Crippen molar-refractivity contribution >= 4 is 38.4 Å². The van der Waals surface area contributed by atoms with Crippen LogP contribution in [0.15, 0.2) is 22.7 Å². The van der Waals surface area contributed by atoms with E-state index >= 15 is 0 Å². The molecule has 0 saturated heterocycles. The Hall–Kier alpha value is -0.600. The Morgan fingerprint density at radius 3 is 2.81 bits per heavy atom. The van der Waals surface area contributed by atoms with E-state index in [0.29, 0.717) is 0 Å². The summed E-state index contributed by atoms with van der Waals surface area (Å²) in [6, 6.07) is 6.00. The molecule has 0 atom stereocenters. The Morgan fingerprint density at radius 1 is 1.38 bits per heavy atom. The molecule has 0 aliphatic rings. The maximum atomic E-state index is 6.19. The average molecular weight is 299 g/mol. The molecule has 0 amide bonds. The van der Waals surface area contributed by atoms with E-state index in [1.165, 1.54) is 0 Å². The number of hydrogen-bond donors (Lipinski definition) is 0. The molecule has 1 nitrogen and oxygen atoms in total. The molecule has 0 fully saturated rings. The van der Waals surface area contributed by atoms with Gasteiger partial charge in [-0.1, -0.05) is 31.0 Å². The highest BCUT2D eigenvalue weighted by atomic mass is 79.9. The van der Waals surface area contributed by atoms with Gasteiger partial charge in [0.05, 0.1) is 10.5 Å². The summed E-state index contributed by atoms with van der Waals surface area (Å²) >= 11 is 9.77. The number of benzene rings is 1. The van der Waals surface area contributed by atoms with E-state index in [2.05, 4.69) is 40.8 Å². The van der Waals surface area contributed by atoms with Crippen molar-refractivity contribution < 1.29 is 0 Å². The third-order valence-electron chi connectivity index (χ3n) is 2.62. The molecule has 0 unspecified atom stereocenters. The zero-order chi connectivity index (χ0) is 11.7. The molecule has 0 aliphatic carbocycles. The number of aromatic nitrogens is 1.